The summed E-state index contributed by atoms with van der Waals surface area (Å²) < 4.78 is 4.86. The average Bonchev–Trinajstić information content (AvgIpc) is 2.80. The van der Waals surface area contributed by atoms with E-state index in [-0.39, 0.29) is 24.1 Å². The van der Waals surface area contributed by atoms with Gasteiger partial charge in [0.2, 0.25) is 0 Å². The van der Waals surface area contributed by atoms with E-state index >= 15 is 0 Å². The van der Waals surface area contributed by atoms with Crippen molar-refractivity contribution in [2.75, 3.05) is 6.61 Å². The second-order valence-corrected chi connectivity index (χ2v) is 4.76. The lowest BCUT2D eigenvalue weighted by molar-refractivity contribution is -0.125. The first kappa shape index (κ1) is 13.3. The molecule has 1 aromatic carbocycles. The number of cyclic esters (lactones) is 1. The van der Waals surface area contributed by atoms with Gasteiger partial charge in [0.15, 0.2) is 0 Å². The monoisotopic (exact) mass is 261 g/mol. The molecule has 1 fully saturated rings. The number of carbonyl (C=O) groups is 3. The zero-order chi connectivity index (χ0) is 14.0. The number of nitrogens with zero attached hydrogens (tertiary/aromatic N) is 1. The van der Waals surface area contributed by atoms with E-state index in [2.05, 4.69) is 0 Å². The normalized spacial score (nSPS) is 18.6. The first-order valence-electron chi connectivity index (χ1n) is 6.12. The predicted octanol–water partition coefficient (Wildman–Crippen LogP) is 1.87. The molecule has 0 aromatic heterocycles. The highest BCUT2D eigenvalue weighted by Gasteiger charge is 2.42. The van der Waals surface area contributed by atoms with E-state index in [0.29, 0.717) is 0 Å². The van der Waals surface area contributed by atoms with Crippen LogP contribution < -0.4 is 0 Å². The number of rotatable bonds is 3. The standard InChI is InChI=1S/C14H15NO4/c1-9(2)11-8-19-14(18)15(11)13(17)12(16)10-6-4-3-5-7-10/h3-7,9,11H,8H2,1-2H3/t11-/m1/s1. The third-order valence-electron chi connectivity index (χ3n) is 3.12. The fraction of sp³-hybridized carbons (Fsp3) is 0.357. The molecule has 5 nitrogen and oxygen atoms in total. The first-order valence-corrected chi connectivity index (χ1v) is 6.12. The summed E-state index contributed by atoms with van der Waals surface area (Å²) in [5.74, 6) is -1.48. The summed E-state index contributed by atoms with van der Waals surface area (Å²) in [5.41, 5.74) is 0.273. The molecule has 1 aliphatic rings. The number of imide groups is 1. The number of hydrogen-bond donors (Lipinski definition) is 0. The second kappa shape index (κ2) is 5.22. The van der Waals surface area contributed by atoms with Crippen molar-refractivity contribution < 1.29 is 19.1 Å². The van der Waals surface area contributed by atoms with Crippen molar-refractivity contribution in [2.24, 2.45) is 5.92 Å². The Balaban J connectivity index is 2.23. The number of hydrogen-bond acceptors (Lipinski definition) is 4. The third kappa shape index (κ3) is 2.50. The summed E-state index contributed by atoms with van der Waals surface area (Å²) in [7, 11) is 0. The Kier molecular flexibility index (Phi) is 3.64. The number of amides is 2. The first-order chi connectivity index (χ1) is 9.02. The maximum absolute atomic E-state index is 12.1. The van der Waals surface area contributed by atoms with Gasteiger partial charge < -0.3 is 4.74 Å². The fourth-order valence-corrected chi connectivity index (χ4v) is 1.98. The van der Waals surface area contributed by atoms with Gasteiger partial charge in [-0.05, 0) is 5.92 Å². The van der Waals surface area contributed by atoms with Crippen LogP contribution in [0, 0.1) is 5.92 Å². The van der Waals surface area contributed by atoms with Gasteiger partial charge in [-0.1, -0.05) is 44.2 Å². The zero-order valence-electron chi connectivity index (χ0n) is 10.8. The van der Waals surface area contributed by atoms with Gasteiger partial charge >= 0.3 is 12.0 Å². The number of ketones is 1. The van der Waals surface area contributed by atoms with Crippen LogP contribution in [0.15, 0.2) is 30.3 Å². The highest BCUT2D eigenvalue weighted by Crippen LogP contribution is 2.20. The Labute approximate surface area is 111 Å². The van der Waals surface area contributed by atoms with Gasteiger partial charge in [-0.15, -0.1) is 0 Å². The Bertz CT molecular complexity index is 509. The molecule has 1 aromatic rings. The molecule has 0 spiro atoms. The molecule has 0 N–H and O–H groups in total. The molecule has 0 aliphatic carbocycles. The highest BCUT2D eigenvalue weighted by molar-refractivity contribution is 6.44. The van der Waals surface area contributed by atoms with Gasteiger partial charge in [-0.25, -0.2) is 9.69 Å². The molecule has 2 amide bonds. The highest BCUT2D eigenvalue weighted by atomic mass is 16.6. The number of benzene rings is 1. The van der Waals surface area contributed by atoms with Gasteiger partial charge in [0.1, 0.15) is 6.61 Å². The van der Waals surface area contributed by atoms with Crippen molar-refractivity contribution in [3.63, 3.8) is 0 Å². The van der Waals surface area contributed by atoms with Gasteiger partial charge in [-0.2, -0.15) is 0 Å². The largest absolute Gasteiger partial charge is 0.447 e. The molecule has 2 rings (SSSR count). The molecule has 0 radical (unpaired) electrons. The van der Waals surface area contributed by atoms with Crippen molar-refractivity contribution in [1.29, 1.82) is 0 Å². The van der Waals surface area contributed by atoms with Gasteiger partial charge in [-0.3, -0.25) is 9.59 Å². The molecule has 100 valence electrons. The van der Waals surface area contributed by atoms with Crippen molar-refractivity contribution in [2.45, 2.75) is 19.9 Å². The molecule has 1 saturated heterocycles. The van der Waals surface area contributed by atoms with Crippen LogP contribution in [-0.4, -0.2) is 35.3 Å². The minimum Gasteiger partial charge on any atom is -0.447 e. The number of Topliss-reactive ketones (excluding diaryl/α,β-unsaturated/α-hetero) is 1. The Morgan fingerprint density at radius 1 is 1.26 bits per heavy atom. The lowest BCUT2D eigenvalue weighted by Crippen LogP contribution is -2.45. The summed E-state index contributed by atoms with van der Waals surface area (Å²) in [5, 5.41) is 0. The summed E-state index contributed by atoms with van der Waals surface area (Å²) in [4.78, 5) is 36.7. The Morgan fingerprint density at radius 3 is 2.47 bits per heavy atom. The zero-order valence-corrected chi connectivity index (χ0v) is 10.8. The summed E-state index contributed by atoms with van der Waals surface area (Å²) in [6.45, 7) is 3.89. The van der Waals surface area contributed by atoms with Crippen LogP contribution >= 0.6 is 0 Å². The number of ether oxygens (including phenoxy) is 1. The van der Waals surface area contributed by atoms with E-state index in [1.807, 2.05) is 13.8 Å². The van der Waals surface area contributed by atoms with Crippen molar-refractivity contribution in [1.82, 2.24) is 4.90 Å². The van der Waals surface area contributed by atoms with E-state index in [1.165, 1.54) is 0 Å². The number of carbonyl (C=O) groups excluding carboxylic acids is 3. The van der Waals surface area contributed by atoms with Crippen LogP contribution in [0.1, 0.15) is 24.2 Å². The smallest absolute Gasteiger partial charge is 0.417 e. The minimum atomic E-state index is -0.826. The quantitative estimate of drug-likeness (QED) is 0.615. The van der Waals surface area contributed by atoms with E-state index in [4.69, 9.17) is 4.74 Å². The average molecular weight is 261 g/mol. The molecule has 0 saturated carbocycles. The van der Waals surface area contributed by atoms with E-state index < -0.39 is 17.8 Å². The molecule has 5 heteroatoms. The summed E-state index contributed by atoms with van der Waals surface area (Å²) in [6, 6.07) is 7.80. The fourth-order valence-electron chi connectivity index (χ4n) is 1.98. The molecular weight excluding hydrogens is 246 g/mol. The topological polar surface area (TPSA) is 63.7 Å². The predicted molar refractivity (Wildman–Crippen MR) is 67.6 cm³/mol. The lowest BCUT2D eigenvalue weighted by Gasteiger charge is -2.21. The molecule has 19 heavy (non-hydrogen) atoms. The van der Waals surface area contributed by atoms with Crippen LogP contribution in [0.25, 0.3) is 0 Å². The Hall–Kier alpha value is -2.17. The molecule has 0 unspecified atom stereocenters. The van der Waals surface area contributed by atoms with Crippen molar-refractivity contribution in [3.05, 3.63) is 35.9 Å². The van der Waals surface area contributed by atoms with Crippen LogP contribution in [-0.2, 0) is 9.53 Å². The molecule has 0 bridgehead atoms. The third-order valence-corrected chi connectivity index (χ3v) is 3.12. The van der Waals surface area contributed by atoms with Gasteiger partial charge in [0, 0.05) is 5.56 Å². The maximum Gasteiger partial charge on any atom is 0.417 e. The molecular formula is C14H15NO4. The Morgan fingerprint density at radius 2 is 1.89 bits per heavy atom. The van der Waals surface area contributed by atoms with Crippen molar-refractivity contribution >= 4 is 17.8 Å². The molecule has 1 heterocycles. The van der Waals surface area contributed by atoms with E-state index in [1.54, 1.807) is 30.3 Å². The SMILES string of the molecule is CC(C)[C@H]1COC(=O)N1C(=O)C(=O)c1ccccc1. The van der Waals surface area contributed by atoms with Gasteiger partial charge in [0.05, 0.1) is 6.04 Å². The molecule has 1 atom stereocenters. The summed E-state index contributed by atoms with van der Waals surface area (Å²) >= 11 is 0. The van der Waals surface area contributed by atoms with Crippen LogP contribution in [0.5, 0.6) is 0 Å². The van der Waals surface area contributed by atoms with Gasteiger partial charge in [0.25, 0.3) is 5.78 Å². The van der Waals surface area contributed by atoms with Crippen molar-refractivity contribution in [3.8, 4) is 0 Å². The molecule has 1 aliphatic heterocycles. The minimum absolute atomic E-state index is 0.0407. The van der Waals surface area contributed by atoms with E-state index in [0.717, 1.165) is 4.90 Å². The van der Waals surface area contributed by atoms with Crippen LogP contribution in [0.2, 0.25) is 0 Å². The van der Waals surface area contributed by atoms with Crippen LogP contribution in [0.3, 0.4) is 0 Å². The maximum atomic E-state index is 12.1. The van der Waals surface area contributed by atoms with Crippen LogP contribution in [0.4, 0.5) is 4.79 Å². The van der Waals surface area contributed by atoms with E-state index in [9.17, 15) is 14.4 Å². The summed E-state index contributed by atoms with van der Waals surface area (Å²) in [6.07, 6.45) is -0.743. The second-order valence-electron chi connectivity index (χ2n) is 4.76. The lowest BCUT2D eigenvalue weighted by atomic mass is 10.0.